The van der Waals surface area contributed by atoms with Crippen LogP contribution < -0.4 is 0 Å². The van der Waals surface area contributed by atoms with Crippen LogP contribution in [-0.2, 0) is 0 Å². The summed E-state index contributed by atoms with van der Waals surface area (Å²) < 4.78 is 0. The van der Waals surface area contributed by atoms with Crippen molar-refractivity contribution in [2.75, 3.05) is 0 Å². The van der Waals surface area contributed by atoms with E-state index in [2.05, 4.69) is 9.97 Å². The summed E-state index contributed by atoms with van der Waals surface area (Å²) in [5, 5.41) is 10.6. The van der Waals surface area contributed by atoms with Crippen molar-refractivity contribution in [3.05, 3.63) is 48.8 Å². The zero-order valence-electron chi connectivity index (χ0n) is 8.51. The molecular formula is C13H10N2O. The minimum atomic E-state index is 0.238. The van der Waals surface area contributed by atoms with Crippen LogP contribution in [0.25, 0.3) is 22.2 Å². The quantitative estimate of drug-likeness (QED) is 0.648. The molecule has 1 aromatic carbocycles. The first-order chi connectivity index (χ1) is 7.86. The molecule has 3 aromatic rings. The Bertz CT molecular complexity index is 629. The molecule has 3 heteroatoms. The molecule has 2 N–H and O–H groups in total. The predicted molar refractivity (Wildman–Crippen MR) is 63.2 cm³/mol. The van der Waals surface area contributed by atoms with Crippen molar-refractivity contribution in [2.24, 2.45) is 0 Å². The molecule has 0 atom stereocenters. The van der Waals surface area contributed by atoms with Gasteiger partial charge in [0.15, 0.2) is 0 Å². The molecule has 3 rings (SSSR count). The van der Waals surface area contributed by atoms with E-state index >= 15 is 0 Å². The van der Waals surface area contributed by atoms with Crippen LogP contribution in [0, 0.1) is 0 Å². The van der Waals surface area contributed by atoms with Gasteiger partial charge in [0.2, 0.25) is 0 Å². The summed E-state index contributed by atoms with van der Waals surface area (Å²) in [4.78, 5) is 7.11. The van der Waals surface area contributed by atoms with Crippen LogP contribution in [0.4, 0.5) is 0 Å². The maximum Gasteiger partial charge on any atom is 0.143 e. The third-order valence-corrected chi connectivity index (χ3v) is 2.64. The van der Waals surface area contributed by atoms with Crippen LogP contribution in [0.2, 0.25) is 0 Å². The summed E-state index contributed by atoms with van der Waals surface area (Å²) in [5.74, 6) is 0.238. The highest BCUT2D eigenvalue weighted by Gasteiger charge is 2.09. The summed E-state index contributed by atoms with van der Waals surface area (Å²) in [6.45, 7) is 0. The van der Waals surface area contributed by atoms with Gasteiger partial charge in [0, 0.05) is 12.4 Å². The van der Waals surface area contributed by atoms with Gasteiger partial charge in [-0.2, -0.15) is 0 Å². The lowest BCUT2D eigenvalue weighted by Crippen LogP contribution is -1.81. The first-order valence-electron chi connectivity index (χ1n) is 5.07. The molecule has 0 spiro atoms. The molecule has 0 saturated carbocycles. The average Bonchev–Trinajstić information content (AvgIpc) is 2.73. The molecule has 0 saturated heterocycles. The molecule has 0 amide bonds. The van der Waals surface area contributed by atoms with E-state index in [0.29, 0.717) is 5.65 Å². The summed E-state index contributed by atoms with van der Waals surface area (Å²) in [6, 6.07) is 11.9. The summed E-state index contributed by atoms with van der Waals surface area (Å²) >= 11 is 0. The van der Waals surface area contributed by atoms with Gasteiger partial charge in [-0.25, -0.2) is 4.98 Å². The van der Waals surface area contributed by atoms with E-state index in [4.69, 9.17) is 0 Å². The van der Waals surface area contributed by atoms with Crippen molar-refractivity contribution in [1.82, 2.24) is 9.97 Å². The van der Waals surface area contributed by atoms with Crippen molar-refractivity contribution in [3.8, 4) is 16.9 Å². The highest BCUT2D eigenvalue weighted by Crippen LogP contribution is 2.32. The molecule has 0 aliphatic carbocycles. The van der Waals surface area contributed by atoms with Crippen LogP contribution in [0.15, 0.2) is 48.8 Å². The second kappa shape index (κ2) is 3.38. The van der Waals surface area contributed by atoms with E-state index in [1.165, 1.54) is 0 Å². The number of aromatic nitrogens is 2. The Kier molecular flexibility index (Phi) is 1.90. The number of nitrogens with one attached hydrogen (secondary N) is 1. The number of H-pyrrole nitrogens is 1. The van der Waals surface area contributed by atoms with Gasteiger partial charge in [0.1, 0.15) is 11.4 Å². The highest BCUT2D eigenvalue weighted by atomic mass is 16.3. The Hall–Kier alpha value is -2.29. The molecule has 0 bridgehead atoms. The van der Waals surface area contributed by atoms with Gasteiger partial charge in [0.05, 0.1) is 5.39 Å². The predicted octanol–water partition coefficient (Wildman–Crippen LogP) is 2.94. The summed E-state index contributed by atoms with van der Waals surface area (Å²) in [7, 11) is 0. The lowest BCUT2D eigenvalue weighted by molar-refractivity contribution is 0.481. The first kappa shape index (κ1) is 8.97. The van der Waals surface area contributed by atoms with Gasteiger partial charge < -0.3 is 10.1 Å². The smallest absolute Gasteiger partial charge is 0.143 e. The number of aromatic amines is 1. The van der Waals surface area contributed by atoms with Crippen molar-refractivity contribution >= 4 is 11.0 Å². The maximum absolute atomic E-state index is 9.78. The minimum absolute atomic E-state index is 0.238. The molecule has 0 fully saturated rings. The number of rotatable bonds is 1. The van der Waals surface area contributed by atoms with E-state index in [0.717, 1.165) is 16.5 Å². The number of benzene rings is 1. The molecule has 0 aliphatic heterocycles. The topological polar surface area (TPSA) is 48.9 Å². The number of pyridine rings is 1. The summed E-state index contributed by atoms with van der Waals surface area (Å²) in [5.41, 5.74) is 2.77. The van der Waals surface area contributed by atoms with Crippen LogP contribution in [0.1, 0.15) is 0 Å². The second-order valence-corrected chi connectivity index (χ2v) is 3.62. The fourth-order valence-electron chi connectivity index (χ4n) is 1.90. The van der Waals surface area contributed by atoms with E-state index in [1.54, 1.807) is 12.4 Å². The van der Waals surface area contributed by atoms with Crippen molar-refractivity contribution < 1.29 is 5.11 Å². The fraction of sp³-hybridized carbons (Fsp3) is 0. The lowest BCUT2D eigenvalue weighted by Gasteiger charge is -2.03. The molecule has 3 nitrogen and oxygen atoms in total. The Morgan fingerprint density at radius 2 is 1.88 bits per heavy atom. The molecule has 16 heavy (non-hydrogen) atoms. The fourth-order valence-corrected chi connectivity index (χ4v) is 1.90. The number of nitrogens with zero attached hydrogens (tertiary/aromatic N) is 1. The number of aromatic hydroxyl groups is 1. The molecule has 2 aromatic heterocycles. The van der Waals surface area contributed by atoms with E-state index in [9.17, 15) is 5.11 Å². The van der Waals surface area contributed by atoms with Gasteiger partial charge in [-0.1, -0.05) is 30.3 Å². The Morgan fingerprint density at radius 3 is 2.69 bits per heavy atom. The van der Waals surface area contributed by atoms with Crippen LogP contribution in [0.3, 0.4) is 0 Å². The summed E-state index contributed by atoms with van der Waals surface area (Å²) in [6.07, 6.45) is 3.30. The van der Waals surface area contributed by atoms with Gasteiger partial charge in [-0.3, -0.25) is 0 Å². The first-order valence-corrected chi connectivity index (χ1v) is 5.07. The van der Waals surface area contributed by atoms with E-state index < -0.39 is 0 Å². The van der Waals surface area contributed by atoms with Crippen molar-refractivity contribution in [1.29, 1.82) is 0 Å². The van der Waals surface area contributed by atoms with Gasteiger partial charge >= 0.3 is 0 Å². The Labute approximate surface area is 92.4 Å². The normalized spacial score (nSPS) is 10.8. The van der Waals surface area contributed by atoms with Crippen LogP contribution in [0.5, 0.6) is 5.75 Å². The zero-order chi connectivity index (χ0) is 11.0. The van der Waals surface area contributed by atoms with Gasteiger partial charge in [0.25, 0.3) is 0 Å². The van der Waals surface area contributed by atoms with Crippen LogP contribution in [-0.4, -0.2) is 15.1 Å². The monoisotopic (exact) mass is 210 g/mol. The zero-order valence-corrected chi connectivity index (χ0v) is 8.51. The number of hydrogen-bond acceptors (Lipinski definition) is 2. The minimum Gasteiger partial charge on any atom is -0.506 e. The lowest BCUT2D eigenvalue weighted by atomic mass is 10.0. The standard InChI is InChI=1S/C13H10N2O/c16-11-8-15-13-12(11)10(6-7-14-13)9-4-2-1-3-5-9/h1-8,16H,(H,14,15). The van der Waals surface area contributed by atoms with Crippen LogP contribution >= 0.6 is 0 Å². The highest BCUT2D eigenvalue weighted by molar-refractivity contribution is 5.97. The van der Waals surface area contributed by atoms with E-state index in [1.807, 2.05) is 36.4 Å². The molecule has 78 valence electrons. The number of fused-ring (bicyclic) bond motifs is 1. The number of hydrogen-bond donors (Lipinski definition) is 2. The van der Waals surface area contributed by atoms with Crippen molar-refractivity contribution in [3.63, 3.8) is 0 Å². The molecular weight excluding hydrogens is 200 g/mol. The molecule has 2 heterocycles. The second-order valence-electron chi connectivity index (χ2n) is 3.62. The molecule has 0 unspecified atom stereocenters. The molecule has 0 radical (unpaired) electrons. The largest absolute Gasteiger partial charge is 0.506 e. The van der Waals surface area contributed by atoms with Gasteiger partial charge in [-0.05, 0) is 17.2 Å². The SMILES string of the molecule is Oc1c[nH]c2nccc(-c3ccccc3)c12. The maximum atomic E-state index is 9.78. The third kappa shape index (κ3) is 1.26. The molecule has 0 aliphatic rings. The van der Waals surface area contributed by atoms with Gasteiger partial charge in [-0.15, -0.1) is 0 Å². The Morgan fingerprint density at radius 1 is 1.06 bits per heavy atom. The third-order valence-electron chi connectivity index (χ3n) is 2.64. The average molecular weight is 210 g/mol. The van der Waals surface area contributed by atoms with E-state index in [-0.39, 0.29) is 5.75 Å². The van der Waals surface area contributed by atoms with Crippen molar-refractivity contribution in [2.45, 2.75) is 0 Å². The Balaban J connectivity index is 2.36.